The SMILES string of the molecule is COC(=O)OC(=O)C1CCCNC1. The van der Waals surface area contributed by atoms with Crippen molar-refractivity contribution >= 4 is 12.1 Å². The van der Waals surface area contributed by atoms with Crippen molar-refractivity contribution in [3.05, 3.63) is 0 Å². The fraction of sp³-hybridized carbons (Fsp3) is 0.750. The number of ether oxygens (including phenoxy) is 2. The van der Waals surface area contributed by atoms with Crippen LogP contribution in [0.2, 0.25) is 0 Å². The molecule has 74 valence electrons. The number of rotatable bonds is 1. The minimum atomic E-state index is -0.935. The van der Waals surface area contributed by atoms with Crippen LogP contribution in [0, 0.1) is 5.92 Å². The molecule has 0 saturated carbocycles. The summed E-state index contributed by atoms with van der Waals surface area (Å²) in [7, 11) is 1.18. The minimum absolute atomic E-state index is 0.215. The maximum absolute atomic E-state index is 11.2. The van der Waals surface area contributed by atoms with Crippen LogP contribution < -0.4 is 5.32 Å². The molecule has 1 aliphatic heterocycles. The van der Waals surface area contributed by atoms with Gasteiger partial charge < -0.3 is 14.8 Å². The van der Waals surface area contributed by atoms with Gasteiger partial charge in [-0.1, -0.05) is 0 Å². The monoisotopic (exact) mass is 187 g/mol. The molecule has 1 rings (SSSR count). The van der Waals surface area contributed by atoms with E-state index >= 15 is 0 Å². The number of esters is 1. The molecule has 5 nitrogen and oxygen atoms in total. The molecule has 0 radical (unpaired) electrons. The maximum atomic E-state index is 11.2. The van der Waals surface area contributed by atoms with E-state index in [0.717, 1.165) is 19.4 Å². The Bertz CT molecular complexity index is 198. The summed E-state index contributed by atoms with van der Waals surface area (Å²) in [6.45, 7) is 1.50. The van der Waals surface area contributed by atoms with E-state index in [2.05, 4.69) is 14.8 Å². The lowest BCUT2D eigenvalue weighted by Crippen LogP contribution is -2.36. The Balaban J connectivity index is 2.33. The zero-order valence-electron chi connectivity index (χ0n) is 7.54. The van der Waals surface area contributed by atoms with Crippen LogP contribution in [0.5, 0.6) is 0 Å². The molecule has 1 fully saturated rings. The van der Waals surface area contributed by atoms with Gasteiger partial charge in [-0.25, -0.2) is 4.79 Å². The van der Waals surface area contributed by atoms with Crippen LogP contribution in [0.15, 0.2) is 0 Å². The van der Waals surface area contributed by atoms with E-state index in [9.17, 15) is 9.59 Å². The topological polar surface area (TPSA) is 64.6 Å². The summed E-state index contributed by atoms with van der Waals surface area (Å²) < 4.78 is 8.61. The van der Waals surface area contributed by atoms with Gasteiger partial charge >= 0.3 is 12.1 Å². The molecule has 1 aliphatic rings. The Morgan fingerprint density at radius 1 is 1.46 bits per heavy atom. The second-order valence-corrected chi connectivity index (χ2v) is 2.92. The molecule has 5 heteroatoms. The lowest BCUT2D eigenvalue weighted by Gasteiger charge is -2.19. The van der Waals surface area contributed by atoms with E-state index in [0.29, 0.717) is 6.54 Å². The molecule has 0 bridgehead atoms. The first-order valence-electron chi connectivity index (χ1n) is 4.24. The third kappa shape index (κ3) is 3.02. The lowest BCUT2D eigenvalue weighted by molar-refractivity contribution is -0.144. The van der Waals surface area contributed by atoms with Gasteiger partial charge in [-0.15, -0.1) is 0 Å². The normalized spacial score (nSPS) is 22.1. The number of methoxy groups -OCH3 is 1. The van der Waals surface area contributed by atoms with Crippen molar-refractivity contribution in [1.82, 2.24) is 5.32 Å². The second kappa shape index (κ2) is 4.81. The summed E-state index contributed by atoms with van der Waals surface area (Å²) in [4.78, 5) is 21.8. The maximum Gasteiger partial charge on any atom is 0.515 e. The van der Waals surface area contributed by atoms with Crippen LogP contribution in [0.4, 0.5) is 4.79 Å². The number of carbonyl (C=O) groups excluding carboxylic acids is 2. The number of piperidine rings is 1. The molecule has 13 heavy (non-hydrogen) atoms. The summed E-state index contributed by atoms with van der Waals surface area (Å²) in [6.07, 6.45) is 0.764. The molecule has 0 aliphatic carbocycles. The van der Waals surface area contributed by atoms with Gasteiger partial charge in [-0.2, -0.15) is 0 Å². The van der Waals surface area contributed by atoms with Crippen LogP contribution in [0.25, 0.3) is 0 Å². The molecule has 1 unspecified atom stereocenters. The molecule has 0 aromatic rings. The highest BCUT2D eigenvalue weighted by Gasteiger charge is 2.24. The predicted molar refractivity (Wildman–Crippen MR) is 44.1 cm³/mol. The van der Waals surface area contributed by atoms with Gasteiger partial charge in [0.25, 0.3) is 0 Å². The molecule has 0 spiro atoms. The van der Waals surface area contributed by atoms with Crippen molar-refractivity contribution in [2.24, 2.45) is 5.92 Å². The number of hydrogen-bond acceptors (Lipinski definition) is 5. The summed E-state index contributed by atoms with van der Waals surface area (Å²) in [5, 5.41) is 3.05. The van der Waals surface area contributed by atoms with Gasteiger partial charge in [-0.05, 0) is 19.4 Å². The molecule has 1 atom stereocenters. The number of nitrogens with one attached hydrogen (secondary N) is 1. The summed E-state index contributed by atoms with van der Waals surface area (Å²) in [5.74, 6) is -0.716. The van der Waals surface area contributed by atoms with E-state index in [1.165, 1.54) is 7.11 Å². The van der Waals surface area contributed by atoms with Crippen LogP contribution in [-0.4, -0.2) is 32.3 Å². The predicted octanol–water partition coefficient (Wildman–Crippen LogP) is 0.296. The van der Waals surface area contributed by atoms with E-state index < -0.39 is 12.1 Å². The number of carbonyl (C=O) groups is 2. The Morgan fingerprint density at radius 3 is 2.77 bits per heavy atom. The zero-order chi connectivity index (χ0) is 9.68. The van der Waals surface area contributed by atoms with Gasteiger partial charge in [0, 0.05) is 6.54 Å². The minimum Gasteiger partial charge on any atom is -0.437 e. The standard InChI is InChI=1S/C8H13NO4/c1-12-8(11)13-7(10)6-3-2-4-9-5-6/h6,9H,2-5H2,1H3. The first-order chi connectivity index (χ1) is 6.24. The lowest BCUT2D eigenvalue weighted by atomic mass is 10.0. The third-order valence-electron chi connectivity index (χ3n) is 1.98. The highest BCUT2D eigenvalue weighted by atomic mass is 16.7. The molecule has 1 saturated heterocycles. The Hall–Kier alpha value is -1.10. The van der Waals surface area contributed by atoms with Crippen LogP contribution in [-0.2, 0) is 14.3 Å². The molecule has 0 aromatic carbocycles. The van der Waals surface area contributed by atoms with Gasteiger partial charge in [0.15, 0.2) is 0 Å². The highest BCUT2D eigenvalue weighted by molar-refractivity contribution is 5.83. The molecular weight excluding hydrogens is 174 g/mol. The molecule has 0 aromatic heterocycles. The molecule has 1 heterocycles. The van der Waals surface area contributed by atoms with E-state index in [1.54, 1.807) is 0 Å². The van der Waals surface area contributed by atoms with Crippen molar-refractivity contribution in [3.8, 4) is 0 Å². The van der Waals surface area contributed by atoms with Gasteiger partial charge in [0.1, 0.15) is 0 Å². The number of hydrogen-bond donors (Lipinski definition) is 1. The summed E-state index contributed by atoms with van der Waals surface area (Å²) >= 11 is 0. The molecule has 1 N–H and O–H groups in total. The Morgan fingerprint density at radius 2 is 2.23 bits per heavy atom. The largest absolute Gasteiger partial charge is 0.515 e. The first kappa shape index (κ1) is 9.98. The van der Waals surface area contributed by atoms with Crippen LogP contribution >= 0.6 is 0 Å². The van der Waals surface area contributed by atoms with Crippen molar-refractivity contribution in [3.63, 3.8) is 0 Å². The first-order valence-corrected chi connectivity index (χ1v) is 4.24. The Labute approximate surface area is 76.4 Å². The van der Waals surface area contributed by atoms with Gasteiger partial charge in [-0.3, -0.25) is 4.79 Å². The molecular formula is C8H13NO4. The average Bonchev–Trinajstić information content (AvgIpc) is 2.19. The van der Waals surface area contributed by atoms with Crippen LogP contribution in [0.3, 0.4) is 0 Å². The Kier molecular flexibility index (Phi) is 3.70. The van der Waals surface area contributed by atoms with Crippen molar-refractivity contribution in [2.45, 2.75) is 12.8 Å². The fourth-order valence-electron chi connectivity index (χ4n) is 1.26. The van der Waals surface area contributed by atoms with Crippen molar-refractivity contribution < 1.29 is 19.1 Å². The fourth-order valence-corrected chi connectivity index (χ4v) is 1.26. The smallest absolute Gasteiger partial charge is 0.437 e. The summed E-state index contributed by atoms with van der Waals surface area (Å²) in [5.41, 5.74) is 0. The summed E-state index contributed by atoms with van der Waals surface area (Å²) in [6, 6.07) is 0. The van der Waals surface area contributed by atoms with Gasteiger partial charge in [0.05, 0.1) is 13.0 Å². The zero-order valence-corrected chi connectivity index (χ0v) is 7.54. The van der Waals surface area contributed by atoms with Crippen molar-refractivity contribution in [1.29, 1.82) is 0 Å². The van der Waals surface area contributed by atoms with Gasteiger partial charge in [0.2, 0.25) is 0 Å². The second-order valence-electron chi connectivity index (χ2n) is 2.92. The quantitative estimate of drug-likeness (QED) is 0.472. The van der Waals surface area contributed by atoms with E-state index in [1.807, 2.05) is 0 Å². The van der Waals surface area contributed by atoms with E-state index in [-0.39, 0.29) is 5.92 Å². The van der Waals surface area contributed by atoms with Crippen LogP contribution in [0.1, 0.15) is 12.8 Å². The molecule has 0 amide bonds. The average molecular weight is 187 g/mol. The third-order valence-corrected chi connectivity index (χ3v) is 1.98. The van der Waals surface area contributed by atoms with Crippen molar-refractivity contribution in [2.75, 3.05) is 20.2 Å². The van der Waals surface area contributed by atoms with E-state index in [4.69, 9.17) is 0 Å². The highest BCUT2D eigenvalue weighted by Crippen LogP contribution is 2.11.